The molecule has 0 aliphatic heterocycles. The highest BCUT2D eigenvalue weighted by molar-refractivity contribution is 8.70. The van der Waals surface area contributed by atoms with Gasteiger partial charge in [-0.15, -0.1) is 0 Å². The third kappa shape index (κ3) is 9.90. The van der Waals surface area contributed by atoms with Gasteiger partial charge in [-0.25, -0.2) is 0 Å². The largest absolute Gasteiger partial charge is 0.322 e. The van der Waals surface area contributed by atoms with Crippen molar-refractivity contribution in [2.45, 2.75) is 78.1 Å². The summed E-state index contributed by atoms with van der Waals surface area (Å²) in [7, 11) is -2.57. The molecule has 0 amide bonds. The van der Waals surface area contributed by atoms with Gasteiger partial charge in [0.15, 0.2) is 0 Å². The van der Waals surface area contributed by atoms with Crippen LogP contribution in [0.3, 0.4) is 0 Å². The summed E-state index contributed by atoms with van der Waals surface area (Å²) in [5.41, 5.74) is 0. The lowest BCUT2D eigenvalue weighted by atomic mass is 9.89. The molecule has 2 atom stereocenters. The molecule has 2 fully saturated rings. The van der Waals surface area contributed by atoms with Crippen LogP contribution < -0.4 is 10.6 Å². The third-order valence-corrected chi connectivity index (χ3v) is 9.78. The molecule has 0 unspecified atom stereocenters. The van der Waals surface area contributed by atoms with Crippen LogP contribution in [0, 0.1) is 23.7 Å². The Labute approximate surface area is 183 Å². The molecule has 2 N–H and O–H groups in total. The molecule has 7 heteroatoms. The molecule has 0 spiro atoms. The van der Waals surface area contributed by atoms with Crippen molar-refractivity contribution < 1.29 is 12.6 Å². The van der Waals surface area contributed by atoms with E-state index in [0.717, 1.165) is 41.6 Å². The molecule has 0 aromatic carbocycles. The van der Waals surface area contributed by atoms with Crippen LogP contribution in [-0.2, 0) is 13.3 Å². The Balaban J connectivity index is 1.49. The molecule has 0 aromatic heterocycles. The fourth-order valence-corrected chi connectivity index (χ4v) is 7.24. The predicted molar refractivity (Wildman–Crippen MR) is 125 cm³/mol. The Morgan fingerprint density at radius 3 is 1.83 bits per heavy atom. The molecule has 5 nitrogen and oxygen atoms in total. The average molecular weight is 449 g/mol. The molecular weight excluding hydrogens is 404 g/mol. The van der Waals surface area contributed by atoms with E-state index in [2.05, 4.69) is 24.5 Å². The molecular formula is C22H44N2O3S2. The zero-order valence-electron chi connectivity index (χ0n) is 18.7. The zero-order valence-corrected chi connectivity index (χ0v) is 20.3. The highest BCUT2D eigenvalue weighted by atomic mass is 33.1. The summed E-state index contributed by atoms with van der Waals surface area (Å²) in [6, 6.07) is 0. The van der Waals surface area contributed by atoms with Gasteiger partial charge >= 0.3 is 9.15 Å². The maximum atomic E-state index is 12.0. The van der Waals surface area contributed by atoms with Crippen LogP contribution in [0.15, 0.2) is 0 Å². The summed E-state index contributed by atoms with van der Waals surface area (Å²) in [6.45, 7) is 8.04. The lowest BCUT2D eigenvalue weighted by Gasteiger charge is -2.22. The van der Waals surface area contributed by atoms with Crippen LogP contribution in [-0.4, -0.2) is 47.0 Å². The topological polar surface area (TPSA) is 67.4 Å². The van der Waals surface area contributed by atoms with Crippen molar-refractivity contribution in [2.24, 2.45) is 23.7 Å². The van der Waals surface area contributed by atoms with Crippen LogP contribution in [0.2, 0.25) is 0 Å². The van der Waals surface area contributed by atoms with E-state index in [9.17, 15) is 8.42 Å². The maximum absolute atomic E-state index is 12.0. The molecule has 29 heavy (non-hydrogen) atoms. The van der Waals surface area contributed by atoms with Gasteiger partial charge in [0.25, 0.3) is 0 Å². The molecule has 0 aromatic rings. The second kappa shape index (κ2) is 14.3. The van der Waals surface area contributed by atoms with Gasteiger partial charge in [0.2, 0.25) is 0 Å². The van der Waals surface area contributed by atoms with Crippen molar-refractivity contribution in [3.63, 3.8) is 0 Å². The monoisotopic (exact) mass is 448 g/mol. The number of hydrogen-bond acceptors (Lipinski definition) is 6. The Morgan fingerprint density at radius 1 is 0.862 bits per heavy atom. The van der Waals surface area contributed by atoms with Crippen LogP contribution in [0.25, 0.3) is 0 Å². The summed E-state index contributed by atoms with van der Waals surface area (Å²) < 4.78 is 29.2. The maximum Gasteiger partial charge on any atom is 0.322 e. The van der Waals surface area contributed by atoms with E-state index >= 15 is 0 Å². The van der Waals surface area contributed by atoms with Gasteiger partial charge in [0.05, 0.1) is 6.61 Å². The summed E-state index contributed by atoms with van der Waals surface area (Å²) in [5, 5.41) is 6.85. The van der Waals surface area contributed by atoms with E-state index in [1.165, 1.54) is 64.2 Å². The van der Waals surface area contributed by atoms with Crippen LogP contribution in [0.5, 0.6) is 0 Å². The molecule has 0 radical (unpaired) electrons. The fourth-order valence-electron chi connectivity index (χ4n) is 5.19. The summed E-state index contributed by atoms with van der Waals surface area (Å²) in [4.78, 5) is 0. The number of hydrogen-bond donors (Lipinski definition) is 2. The first-order chi connectivity index (χ1) is 14.1. The van der Waals surface area contributed by atoms with E-state index in [1.54, 1.807) is 0 Å². The van der Waals surface area contributed by atoms with Crippen molar-refractivity contribution in [1.82, 2.24) is 10.6 Å². The second-order valence-electron chi connectivity index (χ2n) is 8.89. The average Bonchev–Trinajstić information content (AvgIpc) is 3.41. The smallest absolute Gasteiger partial charge is 0.316 e. The first-order valence-electron chi connectivity index (χ1n) is 12.0. The first-order valence-corrected chi connectivity index (χ1v) is 14.9. The Hall–Kier alpha value is 0.180. The first kappa shape index (κ1) is 25.4. The van der Waals surface area contributed by atoms with Crippen LogP contribution in [0.4, 0.5) is 0 Å². The minimum absolute atomic E-state index is 0.226. The summed E-state index contributed by atoms with van der Waals surface area (Å²) >= 11 is 0. The highest BCUT2D eigenvalue weighted by Gasteiger charge is 2.24. The highest BCUT2D eigenvalue weighted by Crippen LogP contribution is 2.33. The number of rotatable bonds is 16. The van der Waals surface area contributed by atoms with Crippen molar-refractivity contribution in [1.29, 1.82) is 0 Å². The lowest BCUT2D eigenvalue weighted by molar-refractivity contribution is 0.289. The standard InChI is InChI=1S/C22H44N2O3S2/c1-3-19(21-9-5-6-10-21)17-23-13-15-27-29(25,26)28-16-14-24-18-20(4-2)22-11-7-8-12-22/h19-24H,3-18H2,1-2H3/t19-,20-/m1/s1. The number of nitrogens with one attached hydrogen (secondary N) is 2. The molecule has 2 saturated carbocycles. The molecule has 2 rings (SSSR count). The van der Waals surface area contributed by atoms with E-state index in [-0.39, 0.29) is 6.61 Å². The Morgan fingerprint density at radius 2 is 1.34 bits per heavy atom. The molecule has 0 bridgehead atoms. The normalized spacial score (nSPS) is 21.0. The Bertz CT molecular complexity index is 478. The van der Waals surface area contributed by atoms with Gasteiger partial charge in [-0.1, -0.05) is 78.1 Å². The third-order valence-electron chi connectivity index (χ3n) is 7.01. The minimum Gasteiger partial charge on any atom is -0.316 e. The predicted octanol–water partition coefficient (Wildman–Crippen LogP) is 4.59. The zero-order chi connectivity index (χ0) is 21.0. The quantitative estimate of drug-likeness (QED) is 0.266. The van der Waals surface area contributed by atoms with Gasteiger partial charge in [-0.2, -0.15) is 8.42 Å². The molecule has 0 heterocycles. The van der Waals surface area contributed by atoms with Gasteiger partial charge < -0.3 is 10.6 Å². The molecule has 0 saturated heterocycles. The second-order valence-corrected chi connectivity index (χ2v) is 12.5. The van der Waals surface area contributed by atoms with Crippen LogP contribution >= 0.6 is 10.8 Å². The van der Waals surface area contributed by atoms with Gasteiger partial charge in [-0.3, -0.25) is 4.18 Å². The molecule has 2 aliphatic rings. The van der Waals surface area contributed by atoms with Crippen molar-refractivity contribution in [3.05, 3.63) is 0 Å². The van der Waals surface area contributed by atoms with Crippen molar-refractivity contribution in [3.8, 4) is 0 Å². The van der Waals surface area contributed by atoms with E-state index in [4.69, 9.17) is 4.18 Å². The van der Waals surface area contributed by atoms with Gasteiger partial charge in [-0.05, 0) is 47.6 Å². The van der Waals surface area contributed by atoms with Gasteiger partial charge in [0, 0.05) is 18.8 Å². The minimum atomic E-state index is -3.49. The van der Waals surface area contributed by atoms with Crippen molar-refractivity contribution in [2.75, 3.05) is 38.5 Å². The summed E-state index contributed by atoms with van der Waals surface area (Å²) in [6.07, 6.45) is 13.3. The van der Waals surface area contributed by atoms with E-state index in [1.807, 2.05) is 0 Å². The SMILES string of the molecule is CC[C@H](CNCCOS(=O)(=O)SCCNC[C@@H](CC)C1CCCC1)C1CCCC1. The summed E-state index contributed by atoms with van der Waals surface area (Å²) in [5.74, 6) is 3.70. The van der Waals surface area contributed by atoms with Crippen LogP contribution in [0.1, 0.15) is 78.1 Å². The Kier molecular flexibility index (Phi) is 12.5. The lowest BCUT2D eigenvalue weighted by Crippen LogP contribution is -2.30. The molecule has 2 aliphatic carbocycles. The van der Waals surface area contributed by atoms with E-state index < -0.39 is 9.15 Å². The fraction of sp³-hybridized carbons (Fsp3) is 1.00. The van der Waals surface area contributed by atoms with Gasteiger partial charge in [0.1, 0.15) is 0 Å². The van der Waals surface area contributed by atoms with Crippen molar-refractivity contribution >= 4 is 19.9 Å². The van der Waals surface area contributed by atoms with E-state index in [0.29, 0.717) is 24.8 Å². The molecule has 172 valence electrons.